The molecule has 0 aliphatic heterocycles. The number of carbonyl (C=O) groups excluding carboxylic acids is 1. The molecule has 1 rings (SSSR count). The van der Waals surface area contributed by atoms with E-state index in [1.54, 1.807) is 6.92 Å². The Kier molecular flexibility index (Phi) is 1.66. The van der Waals surface area contributed by atoms with Crippen molar-refractivity contribution in [2.24, 2.45) is 0 Å². The third-order valence-corrected chi connectivity index (χ3v) is 0.959. The van der Waals surface area contributed by atoms with Crippen LogP contribution in [0.5, 0.6) is 0 Å². The number of aromatic nitrogens is 2. The molecule has 10 heavy (non-hydrogen) atoms. The number of aryl methyl sites for hydroxylation is 1. The van der Waals surface area contributed by atoms with Crippen LogP contribution < -0.4 is 5.11 Å². The number of carboxylic acids is 1. The summed E-state index contributed by atoms with van der Waals surface area (Å²) >= 11 is 0. The molecule has 1 heterocycles. The topological polar surface area (TPSA) is 79.0 Å². The molecule has 0 N–H and O–H groups in total. The Bertz CT molecular complexity index is 243. The quantitative estimate of drug-likeness (QED) is 0.527. The molecule has 0 radical (unpaired) electrons. The minimum absolute atomic E-state index is 0.374. The van der Waals surface area contributed by atoms with Gasteiger partial charge in [-0.1, -0.05) is 12.1 Å². The van der Waals surface area contributed by atoms with Crippen molar-refractivity contribution in [2.75, 3.05) is 0 Å². The second-order valence-electron chi connectivity index (χ2n) is 1.66. The van der Waals surface area contributed by atoms with E-state index < -0.39 is 11.9 Å². The lowest BCUT2D eigenvalue weighted by Crippen LogP contribution is -2.22. The number of nitrogens with zero attached hydrogens (tertiary/aromatic N) is 2. The van der Waals surface area contributed by atoms with E-state index in [1.165, 1.54) is 0 Å². The fraction of sp³-hybridized carbons (Fsp3) is 0.400. The average molecular weight is 141 g/mol. The zero-order valence-electron chi connectivity index (χ0n) is 5.33. The van der Waals surface area contributed by atoms with Gasteiger partial charge in [0.15, 0.2) is 5.82 Å². The molecule has 0 saturated carbocycles. The highest BCUT2D eigenvalue weighted by molar-refractivity contribution is 5.79. The van der Waals surface area contributed by atoms with Gasteiger partial charge in [0.05, 0.1) is 0 Å². The third-order valence-electron chi connectivity index (χ3n) is 0.959. The molecule has 0 aromatic carbocycles. The summed E-state index contributed by atoms with van der Waals surface area (Å²) in [6.45, 7) is 1.80. The Morgan fingerprint density at radius 2 is 2.50 bits per heavy atom. The smallest absolute Gasteiger partial charge is 0.273 e. The number of hydrogen-bond donors (Lipinski definition) is 0. The molecule has 0 atom stereocenters. The predicted molar refractivity (Wildman–Crippen MR) is 28.0 cm³/mol. The zero-order chi connectivity index (χ0) is 7.56. The van der Waals surface area contributed by atoms with Crippen molar-refractivity contribution >= 4 is 5.97 Å². The van der Waals surface area contributed by atoms with Crippen LogP contribution in [0, 0.1) is 0 Å². The molecule has 0 bridgehead atoms. The zero-order valence-corrected chi connectivity index (χ0v) is 5.33. The fourth-order valence-corrected chi connectivity index (χ4v) is 0.480. The maximum atomic E-state index is 10.0. The Hall–Kier alpha value is -1.39. The van der Waals surface area contributed by atoms with Gasteiger partial charge in [-0.25, -0.2) is 0 Å². The minimum atomic E-state index is -1.44. The van der Waals surface area contributed by atoms with E-state index in [0.29, 0.717) is 12.2 Å². The van der Waals surface area contributed by atoms with E-state index >= 15 is 0 Å². The lowest BCUT2D eigenvalue weighted by molar-refractivity contribution is -0.257. The van der Waals surface area contributed by atoms with Crippen LogP contribution in [0.1, 0.15) is 23.4 Å². The van der Waals surface area contributed by atoms with E-state index in [2.05, 4.69) is 14.7 Å². The summed E-state index contributed by atoms with van der Waals surface area (Å²) in [6.07, 6.45) is 0.552. The highest BCUT2D eigenvalue weighted by atomic mass is 16.5. The number of carboxylic acid groups (broad SMARTS) is 1. The second-order valence-corrected chi connectivity index (χ2v) is 1.66. The van der Waals surface area contributed by atoms with Crippen molar-refractivity contribution in [1.29, 1.82) is 0 Å². The van der Waals surface area contributed by atoms with E-state index in [-0.39, 0.29) is 0 Å². The van der Waals surface area contributed by atoms with Crippen molar-refractivity contribution in [3.8, 4) is 0 Å². The summed E-state index contributed by atoms with van der Waals surface area (Å²) in [5.41, 5.74) is 0. The van der Waals surface area contributed by atoms with E-state index in [9.17, 15) is 9.90 Å². The molecule has 5 heteroatoms. The van der Waals surface area contributed by atoms with Gasteiger partial charge in [0, 0.05) is 6.42 Å². The van der Waals surface area contributed by atoms with Gasteiger partial charge in [0.2, 0.25) is 0 Å². The number of aromatic carboxylic acids is 1. The Labute approximate surface area is 56.7 Å². The highest BCUT2D eigenvalue weighted by Gasteiger charge is 2.03. The van der Waals surface area contributed by atoms with Gasteiger partial charge in [-0.05, 0) is 0 Å². The van der Waals surface area contributed by atoms with Crippen molar-refractivity contribution < 1.29 is 14.4 Å². The molecule has 0 aliphatic carbocycles. The van der Waals surface area contributed by atoms with Crippen LogP contribution in [0.25, 0.3) is 0 Å². The number of rotatable bonds is 2. The molecule has 0 aliphatic rings. The van der Waals surface area contributed by atoms with Gasteiger partial charge in [-0.2, -0.15) is 4.98 Å². The third kappa shape index (κ3) is 1.12. The highest BCUT2D eigenvalue weighted by Crippen LogP contribution is 1.95. The van der Waals surface area contributed by atoms with E-state index in [0.717, 1.165) is 0 Å². The molecule has 1 aromatic rings. The molecule has 0 fully saturated rings. The molecule has 5 nitrogen and oxygen atoms in total. The van der Waals surface area contributed by atoms with Gasteiger partial charge < -0.3 is 14.4 Å². The van der Waals surface area contributed by atoms with Crippen LogP contribution in [0.2, 0.25) is 0 Å². The standard InChI is InChI=1S/C5H6N2O3/c1-2-3-6-4(5(8)9)10-7-3/h2H2,1H3,(H,8,9)/p-1. The average Bonchev–Trinajstić information content (AvgIpc) is 2.34. The van der Waals surface area contributed by atoms with Crippen molar-refractivity contribution in [2.45, 2.75) is 13.3 Å². The van der Waals surface area contributed by atoms with Crippen molar-refractivity contribution in [1.82, 2.24) is 10.1 Å². The number of hydrogen-bond acceptors (Lipinski definition) is 5. The van der Waals surface area contributed by atoms with Gasteiger partial charge >= 0.3 is 0 Å². The Balaban J connectivity index is 2.88. The first-order chi connectivity index (χ1) is 4.74. The summed E-state index contributed by atoms with van der Waals surface area (Å²) in [4.78, 5) is 13.5. The molecule has 0 amide bonds. The largest absolute Gasteiger partial charge is 0.540 e. The predicted octanol–water partition coefficient (Wildman–Crippen LogP) is -1.00. The molecule has 0 unspecified atom stereocenters. The first kappa shape index (κ1) is 6.73. The minimum Gasteiger partial charge on any atom is -0.540 e. The summed E-state index contributed by atoms with van der Waals surface area (Å²) in [7, 11) is 0. The van der Waals surface area contributed by atoms with Crippen LogP contribution >= 0.6 is 0 Å². The maximum absolute atomic E-state index is 10.0. The lowest BCUT2D eigenvalue weighted by Gasteiger charge is -1.87. The molecule has 0 spiro atoms. The van der Waals surface area contributed by atoms with Gasteiger partial charge in [-0.3, -0.25) is 0 Å². The van der Waals surface area contributed by atoms with Crippen molar-refractivity contribution in [3.63, 3.8) is 0 Å². The Morgan fingerprint density at radius 1 is 1.80 bits per heavy atom. The summed E-state index contributed by atoms with van der Waals surface area (Å²) < 4.78 is 4.29. The van der Waals surface area contributed by atoms with E-state index in [4.69, 9.17) is 0 Å². The molecular weight excluding hydrogens is 136 g/mol. The van der Waals surface area contributed by atoms with Crippen LogP contribution in [0.15, 0.2) is 4.52 Å². The number of carbonyl (C=O) groups is 1. The van der Waals surface area contributed by atoms with Gasteiger partial charge in [0.1, 0.15) is 5.97 Å². The SMILES string of the molecule is CCc1noc(C(=O)[O-])n1. The normalized spacial score (nSPS) is 9.70. The van der Waals surface area contributed by atoms with E-state index in [1.807, 2.05) is 0 Å². The molecular formula is C5H5N2O3-. The lowest BCUT2D eigenvalue weighted by atomic mass is 10.5. The molecule has 0 saturated heterocycles. The van der Waals surface area contributed by atoms with Crippen molar-refractivity contribution in [3.05, 3.63) is 11.7 Å². The van der Waals surface area contributed by atoms with Crippen LogP contribution in [-0.2, 0) is 6.42 Å². The first-order valence-electron chi connectivity index (χ1n) is 2.78. The molecule has 54 valence electrons. The van der Waals surface area contributed by atoms with Crippen LogP contribution in [-0.4, -0.2) is 16.1 Å². The van der Waals surface area contributed by atoms with Gasteiger partial charge in [0.25, 0.3) is 5.89 Å². The monoisotopic (exact) mass is 141 g/mol. The van der Waals surface area contributed by atoms with Gasteiger partial charge in [-0.15, -0.1) is 0 Å². The van der Waals surface area contributed by atoms with Crippen LogP contribution in [0.4, 0.5) is 0 Å². The van der Waals surface area contributed by atoms with Crippen LogP contribution in [0.3, 0.4) is 0 Å². The summed E-state index contributed by atoms with van der Waals surface area (Å²) in [6, 6.07) is 0. The molecule has 1 aromatic heterocycles. The maximum Gasteiger partial charge on any atom is 0.273 e. The summed E-state index contributed by atoms with van der Waals surface area (Å²) in [5, 5.41) is 13.4. The second kappa shape index (κ2) is 2.47. The fourth-order valence-electron chi connectivity index (χ4n) is 0.480. The first-order valence-corrected chi connectivity index (χ1v) is 2.78. The summed E-state index contributed by atoms with van der Waals surface area (Å²) in [5.74, 6) is -1.52. The Morgan fingerprint density at radius 3 is 2.80 bits per heavy atom.